The number of benzene rings is 1. The average Bonchev–Trinajstić information content (AvgIpc) is 2.38. The van der Waals surface area contributed by atoms with E-state index in [4.69, 9.17) is 0 Å². The van der Waals surface area contributed by atoms with Crippen LogP contribution in [0, 0.1) is 0 Å². The molecule has 0 aliphatic heterocycles. The van der Waals surface area contributed by atoms with E-state index in [9.17, 15) is 0 Å². The van der Waals surface area contributed by atoms with E-state index >= 15 is 0 Å². The number of rotatable bonds is 4. The van der Waals surface area contributed by atoms with Gasteiger partial charge in [0.15, 0.2) is 0 Å². The lowest BCUT2D eigenvalue weighted by Crippen LogP contribution is -2.31. The average molecular weight is 384 g/mol. The van der Waals surface area contributed by atoms with Crippen molar-refractivity contribution in [3.05, 3.63) is 57.1 Å². The van der Waals surface area contributed by atoms with E-state index in [1.54, 1.807) is 0 Å². The SMILES string of the molecule is CC(C)N(Cc1ccccc1)c1ncc(Br)cc1Br. The topological polar surface area (TPSA) is 16.1 Å². The van der Waals surface area contributed by atoms with Crippen molar-refractivity contribution in [2.24, 2.45) is 0 Å². The van der Waals surface area contributed by atoms with Crippen molar-refractivity contribution in [1.82, 2.24) is 4.98 Å². The van der Waals surface area contributed by atoms with Crippen molar-refractivity contribution in [3.8, 4) is 0 Å². The van der Waals surface area contributed by atoms with Crippen molar-refractivity contribution in [2.75, 3.05) is 4.90 Å². The maximum atomic E-state index is 4.53. The molecule has 0 amide bonds. The van der Waals surface area contributed by atoms with Crippen LogP contribution in [-0.4, -0.2) is 11.0 Å². The largest absolute Gasteiger partial charge is 0.349 e. The summed E-state index contributed by atoms with van der Waals surface area (Å²) in [4.78, 5) is 6.81. The smallest absolute Gasteiger partial charge is 0.143 e. The monoisotopic (exact) mass is 382 g/mol. The number of halogens is 2. The fourth-order valence-corrected chi connectivity index (χ4v) is 3.12. The molecule has 1 heterocycles. The van der Waals surface area contributed by atoms with Gasteiger partial charge in [0.2, 0.25) is 0 Å². The van der Waals surface area contributed by atoms with Gasteiger partial charge in [-0.3, -0.25) is 0 Å². The summed E-state index contributed by atoms with van der Waals surface area (Å²) in [7, 11) is 0. The van der Waals surface area contributed by atoms with Gasteiger partial charge in [-0.1, -0.05) is 30.3 Å². The minimum absolute atomic E-state index is 0.380. The highest BCUT2D eigenvalue weighted by Crippen LogP contribution is 2.29. The molecule has 0 saturated heterocycles. The van der Waals surface area contributed by atoms with Gasteiger partial charge in [0.25, 0.3) is 0 Å². The van der Waals surface area contributed by atoms with Gasteiger partial charge in [0.1, 0.15) is 5.82 Å². The predicted molar refractivity (Wildman–Crippen MR) is 87.4 cm³/mol. The minimum atomic E-state index is 0.380. The Morgan fingerprint density at radius 2 is 1.84 bits per heavy atom. The van der Waals surface area contributed by atoms with Crippen LogP contribution in [0.25, 0.3) is 0 Å². The summed E-state index contributed by atoms with van der Waals surface area (Å²) in [6.07, 6.45) is 1.83. The first kappa shape index (κ1) is 14.5. The van der Waals surface area contributed by atoms with E-state index in [2.05, 4.69) is 79.9 Å². The van der Waals surface area contributed by atoms with Gasteiger partial charge >= 0.3 is 0 Å². The molecule has 100 valence electrons. The molecule has 0 radical (unpaired) electrons. The summed E-state index contributed by atoms with van der Waals surface area (Å²) >= 11 is 7.03. The van der Waals surface area contributed by atoms with E-state index in [-0.39, 0.29) is 0 Å². The first-order valence-electron chi connectivity index (χ1n) is 6.19. The van der Waals surface area contributed by atoms with Gasteiger partial charge in [0, 0.05) is 23.3 Å². The Bertz CT molecular complexity index is 541. The van der Waals surface area contributed by atoms with Crippen LogP contribution in [0.1, 0.15) is 19.4 Å². The van der Waals surface area contributed by atoms with Crippen molar-refractivity contribution >= 4 is 37.7 Å². The minimum Gasteiger partial charge on any atom is -0.349 e. The molecule has 19 heavy (non-hydrogen) atoms. The van der Waals surface area contributed by atoms with Gasteiger partial charge in [-0.05, 0) is 57.3 Å². The molecule has 0 atom stereocenters. The summed E-state index contributed by atoms with van der Waals surface area (Å²) in [5, 5.41) is 0. The van der Waals surface area contributed by atoms with Gasteiger partial charge in [-0.15, -0.1) is 0 Å². The summed E-state index contributed by atoms with van der Waals surface area (Å²) in [6.45, 7) is 5.21. The molecular weight excluding hydrogens is 368 g/mol. The Balaban J connectivity index is 2.30. The van der Waals surface area contributed by atoms with E-state index in [0.29, 0.717) is 6.04 Å². The van der Waals surface area contributed by atoms with Gasteiger partial charge in [-0.25, -0.2) is 4.98 Å². The lowest BCUT2D eigenvalue weighted by atomic mass is 10.2. The first-order chi connectivity index (χ1) is 9.08. The highest BCUT2D eigenvalue weighted by molar-refractivity contribution is 9.11. The Labute approximate surface area is 131 Å². The second-order valence-electron chi connectivity index (χ2n) is 4.67. The highest BCUT2D eigenvalue weighted by Gasteiger charge is 2.15. The molecule has 1 aromatic heterocycles. The van der Waals surface area contributed by atoms with Crippen molar-refractivity contribution in [3.63, 3.8) is 0 Å². The molecule has 1 aromatic carbocycles. The molecule has 0 unspecified atom stereocenters. The number of hydrogen-bond donors (Lipinski definition) is 0. The Hall–Kier alpha value is -0.870. The number of nitrogens with zero attached hydrogens (tertiary/aromatic N) is 2. The zero-order valence-electron chi connectivity index (χ0n) is 11.0. The molecule has 2 rings (SSSR count). The molecule has 0 spiro atoms. The molecule has 0 aliphatic carbocycles. The second-order valence-corrected chi connectivity index (χ2v) is 6.44. The second kappa shape index (κ2) is 6.53. The molecule has 0 aliphatic rings. The summed E-state index contributed by atoms with van der Waals surface area (Å²) in [5.74, 6) is 0.974. The number of hydrogen-bond acceptors (Lipinski definition) is 2. The summed E-state index contributed by atoms with van der Waals surface area (Å²) in [6, 6.07) is 12.9. The molecule has 0 N–H and O–H groups in total. The Morgan fingerprint density at radius 3 is 2.42 bits per heavy atom. The van der Waals surface area contributed by atoms with Crippen LogP contribution < -0.4 is 4.90 Å². The number of pyridine rings is 1. The third kappa shape index (κ3) is 3.80. The lowest BCUT2D eigenvalue weighted by molar-refractivity contribution is 0.671. The van der Waals surface area contributed by atoms with Gasteiger partial charge in [0.05, 0.1) is 4.47 Å². The van der Waals surface area contributed by atoms with E-state index < -0.39 is 0 Å². The van der Waals surface area contributed by atoms with Gasteiger partial charge in [-0.2, -0.15) is 0 Å². The van der Waals surface area contributed by atoms with Crippen LogP contribution >= 0.6 is 31.9 Å². The van der Waals surface area contributed by atoms with Crippen molar-refractivity contribution < 1.29 is 0 Å². The maximum absolute atomic E-state index is 4.53. The molecule has 2 nitrogen and oxygen atoms in total. The quantitative estimate of drug-likeness (QED) is 0.736. The van der Waals surface area contributed by atoms with Crippen molar-refractivity contribution in [2.45, 2.75) is 26.4 Å². The van der Waals surface area contributed by atoms with Crippen LogP contribution in [-0.2, 0) is 6.54 Å². The molecule has 4 heteroatoms. The third-order valence-electron chi connectivity index (χ3n) is 2.88. The normalized spacial score (nSPS) is 10.8. The van der Waals surface area contributed by atoms with Crippen LogP contribution in [0.4, 0.5) is 5.82 Å². The van der Waals surface area contributed by atoms with Crippen LogP contribution in [0.3, 0.4) is 0 Å². The maximum Gasteiger partial charge on any atom is 0.143 e. The van der Waals surface area contributed by atoms with Crippen molar-refractivity contribution in [1.29, 1.82) is 0 Å². The van der Waals surface area contributed by atoms with E-state index in [1.807, 2.05) is 18.3 Å². The van der Waals surface area contributed by atoms with Crippen LogP contribution in [0.5, 0.6) is 0 Å². The van der Waals surface area contributed by atoms with Gasteiger partial charge < -0.3 is 4.90 Å². The summed E-state index contributed by atoms with van der Waals surface area (Å²) < 4.78 is 1.98. The predicted octanol–water partition coefficient (Wildman–Crippen LogP) is 5.02. The molecule has 0 bridgehead atoms. The molecule has 0 saturated carbocycles. The third-order valence-corrected chi connectivity index (χ3v) is 3.90. The lowest BCUT2D eigenvalue weighted by Gasteiger charge is -2.29. The zero-order valence-corrected chi connectivity index (χ0v) is 14.1. The van der Waals surface area contributed by atoms with Crippen LogP contribution in [0.2, 0.25) is 0 Å². The van der Waals surface area contributed by atoms with E-state index in [0.717, 1.165) is 21.3 Å². The fraction of sp³-hybridized carbons (Fsp3) is 0.267. The highest BCUT2D eigenvalue weighted by atomic mass is 79.9. The molecular formula is C15H16Br2N2. The zero-order chi connectivity index (χ0) is 13.8. The number of aromatic nitrogens is 1. The number of anilines is 1. The summed E-state index contributed by atoms with van der Waals surface area (Å²) in [5.41, 5.74) is 1.29. The molecule has 2 aromatic rings. The Kier molecular flexibility index (Phi) is 4.99. The van der Waals surface area contributed by atoms with Crippen LogP contribution in [0.15, 0.2) is 51.5 Å². The van der Waals surface area contributed by atoms with E-state index in [1.165, 1.54) is 5.56 Å². The Morgan fingerprint density at radius 1 is 1.16 bits per heavy atom. The first-order valence-corrected chi connectivity index (χ1v) is 7.78. The molecule has 0 fully saturated rings. The standard InChI is InChI=1S/C15H16Br2N2/c1-11(2)19(10-12-6-4-3-5-7-12)15-14(17)8-13(16)9-18-15/h3-9,11H,10H2,1-2H3. The fourth-order valence-electron chi connectivity index (χ4n) is 1.90.